The molecule has 2 fully saturated rings. The number of nitrogens with one attached hydrogen (secondary N) is 1. The van der Waals surface area contributed by atoms with Crippen molar-refractivity contribution in [2.24, 2.45) is 10.6 Å². The SMILES string of the molecule is NS(=O)(=O)CC12CCCCC1NCC2. The van der Waals surface area contributed by atoms with Crippen LogP contribution in [-0.2, 0) is 10.0 Å². The van der Waals surface area contributed by atoms with Crippen LogP contribution in [0.15, 0.2) is 0 Å². The molecule has 0 bridgehead atoms. The number of sulfonamides is 1. The van der Waals surface area contributed by atoms with Crippen LogP contribution in [0.4, 0.5) is 0 Å². The molecule has 0 aromatic carbocycles. The minimum atomic E-state index is -3.33. The molecular formula is C9H18N2O2S. The highest BCUT2D eigenvalue weighted by Crippen LogP contribution is 2.43. The molecule has 0 spiro atoms. The van der Waals surface area contributed by atoms with Crippen molar-refractivity contribution in [3.8, 4) is 0 Å². The van der Waals surface area contributed by atoms with Crippen molar-refractivity contribution in [2.45, 2.75) is 38.1 Å². The van der Waals surface area contributed by atoms with E-state index in [1.165, 1.54) is 6.42 Å². The van der Waals surface area contributed by atoms with Crippen LogP contribution in [0.5, 0.6) is 0 Å². The Kier molecular flexibility index (Phi) is 2.57. The van der Waals surface area contributed by atoms with Crippen LogP contribution in [0.2, 0.25) is 0 Å². The zero-order valence-corrected chi connectivity index (χ0v) is 9.15. The molecule has 4 nitrogen and oxygen atoms in total. The maximum Gasteiger partial charge on any atom is 0.209 e. The summed E-state index contributed by atoms with van der Waals surface area (Å²) in [6, 6.07) is 0.384. The first-order chi connectivity index (χ1) is 6.52. The number of rotatable bonds is 2. The van der Waals surface area contributed by atoms with Crippen molar-refractivity contribution in [1.29, 1.82) is 0 Å². The summed E-state index contributed by atoms with van der Waals surface area (Å²) in [6.45, 7) is 0.945. The normalized spacial score (nSPS) is 38.2. The summed E-state index contributed by atoms with van der Waals surface area (Å²) in [5.41, 5.74) is -0.0498. The molecule has 0 aromatic heterocycles. The summed E-state index contributed by atoms with van der Waals surface area (Å²) in [7, 11) is -3.33. The molecular weight excluding hydrogens is 200 g/mol. The van der Waals surface area contributed by atoms with Gasteiger partial charge in [0.25, 0.3) is 0 Å². The molecule has 14 heavy (non-hydrogen) atoms. The van der Waals surface area contributed by atoms with Gasteiger partial charge >= 0.3 is 0 Å². The first-order valence-electron chi connectivity index (χ1n) is 5.26. The summed E-state index contributed by atoms with van der Waals surface area (Å²) >= 11 is 0. The van der Waals surface area contributed by atoms with Crippen molar-refractivity contribution in [3.05, 3.63) is 0 Å². The largest absolute Gasteiger partial charge is 0.313 e. The van der Waals surface area contributed by atoms with Gasteiger partial charge in [-0.1, -0.05) is 12.8 Å². The monoisotopic (exact) mass is 218 g/mol. The molecule has 1 saturated heterocycles. The second-order valence-corrected chi connectivity index (χ2v) is 6.29. The van der Waals surface area contributed by atoms with Gasteiger partial charge in [0.15, 0.2) is 0 Å². The Labute approximate surface area is 85.3 Å². The fourth-order valence-corrected chi connectivity index (χ4v) is 4.36. The third-order valence-electron chi connectivity index (χ3n) is 3.66. The number of nitrogens with two attached hydrogens (primary N) is 1. The van der Waals surface area contributed by atoms with Crippen molar-refractivity contribution >= 4 is 10.0 Å². The van der Waals surface area contributed by atoms with E-state index in [4.69, 9.17) is 5.14 Å². The van der Waals surface area contributed by atoms with Gasteiger partial charge in [0, 0.05) is 11.5 Å². The van der Waals surface area contributed by atoms with E-state index in [-0.39, 0.29) is 11.2 Å². The molecule has 2 aliphatic rings. The van der Waals surface area contributed by atoms with Gasteiger partial charge in [-0.2, -0.15) is 0 Å². The van der Waals surface area contributed by atoms with Crippen LogP contribution in [0.25, 0.3) is 0 Å². The van der Waals surface area contributed by atoms with E-state index < -0.39 is 10.0 Å². The van der Waals surface area contributed by atoms with Gasteiger partial charge in [0.1, 0.15) is 0 Å². The van der Waals surface area contributed by atoms with Crippen LogP contribution >= 0.6 is 0 Å². The van der Waals surface area contributed by atoms with Gasteiger partial charge in [0.2, 0.25) is 10.0 Å². The number of hydrogen-bond donors (Lipinski definition) is 2. The maximum atomic E-state index is 11.2. The zero-order valence-electron chi connectivity index (χ0n) is 8.33. The standard InChI is InChI=1S/C9H18N2O2S/c10-14(12,13)7-9-4-2-1-3-8(9)11-6-5-9/h8,11H,1-7H2,(H2,10,12,13). The van der Waals surface area contributed by atoms with E-state index in [0.717, 1.165) is 32.2 Å². The van der Waals surface area contributed by atoms with E-state index in [0.29, 0.717) is 6.04 Å². The van der Waals surface area contributed by atoms with Crippen LogP contribution in [0.1, 0.15) is 32.1 Å². The highest BCUT2D eigenvalue weighted by Gasteiger charge is 2.46. The molecule has 5 heteroatoms. The lowest BCUT2D eigenvalue weighted by Gasteiger charge is -2.38. The molecule has 2 unspecified atom stereocenters. The third kappa shape index (κ3) is 1.94. The first-order valence-corrected chi connectivity index (χ1v) is 6.97. The Morgan fingerprint density at radius 1 is 1.36 bits per heavy atom. The van der Waals surface area contributed by atoms with Gasteiger partial charge in [-0.3, -0.25) is 0 Å². The lowest BCUT2D eigenvalue weighted by atomic mass is 9.72. The van der Waals surface area contributed by atoms with Crippen molar-refractivity contribution in [2.75, 3.05) is 12.3 Å². The predicted molar refractivity (Wildman–Crippen MR) is 55.3 cm³/mol. The van der Waals surface area contributed by atoms with Crippen molar-refractivity contribution < 1.29 is 8.42 Å². The summed E-state index contributed by atoms with van der Waals surface area (Å²) in [6.07, 6.45) is 5.45. The lowest BCUT2D eigenvalue weighted by Crippen LogP contribution is -2.45. The van der Waals surface area contributed by atoms with E-state index >= 15 is 0 Å². The first kappa shape index (κ1) is 10.4. The Morgan fingerprint density at radius 3 is 2.86 bits per heavy atom. The molecule has 0 aromatic rings. The van der Waals surface area contributed by atoms with E-state index in [1.807, 2.05) is 0 Å². The Balaban J connectivity index is 2.18. The summed E-state index contributed by atoms with van der Waals surface area (Å²) in [5, 5.41) is 8.56. The number of hydrogen-bond acceptors (Lipinski definition) is 3. The van der Waals surface area contributed by atoms with Crippen molar-refractivity contribution in [1.82, 2.24) is 5.32 Å². The molecule has 1 aliphatic heterocycles. The molecule has 3 N–H and O–H groups in total. The Bertz CT molecular complexity index is 315. The van der Waals surface area contributed by atoms with Gasteiger partial charge in [-0.05, 0) is 25.8 Å². The second kappa shape index (κ2) is 3.47. The lowest BCUT2D eigenvalue weighted by molar-refractivity contribution is 0.200. The average Bonchev–Trinajstić information content (AvgIpc) is 2.43. The van der Waals surface area contributed by atoms with Gasteiger partial charge in [-0.15, -0.1) is 0 Å². The number of primary sulfonamides is 1. The predicted octanol–water partition coefficient (Wildman–Crippen LogP) is 0.197. The van der Waals surface area contributed by atoms with E-state index in [9.17, 15) is 8.42 Å². The minimum Gasteiger partial charge on any atom is -0.313 e. The Hall–Kier alpha value is -0.130. The molecule has 82 valence electrons. The second-order valence-electron chi connectivity index (χ2n) is 4.67. The van der Waals surface area contributed by atoms with E-state index in [1.54, 1.807) is 0 Å². The minimum absolute atomic E-state index is 0.0498. The average molecular weight is 218 g/mol. The third-order valence-corrected chi connectivity index (χ3v) is 4.64. The molecule has 2 atom stereocenters. The zero-order chi connectivity index (χ0) is 10.2. The number of fused-ring (bicyclic) bond motifs is 1. The Morgan fingerprint density at radius 2 is 2.14 bits per heavy atom. The van der Waals surface area contributed by atoms with Gasteiger partial charge < -0.3 is 5.32 Å². The fourth-order valence-electron chi connectivity index (χ4n) is 3.06. The summed E-state index contributed by atoms with van der Waals surface area (Å²) < 4.78 is 22.4. The van der Waals surface area contributed by atoms with Crippen LogP contribution in [0, 0.1) is 5.41 Å². The molecule has 0 radical (unpaired) electrons. The van der Waals surface area contributed by atoms with Crippen molar-refractivity contribution in [3.63, 3.8) is 0 Å². The fraction of sp³-hybridized carbons (Fsp3) is 1.00. The highest BCUT2D eigenvalue weighted by atomic mass is 32.2. The molecule has 1 aliphatic carbocycles. The quantitative estimate of drug-likeness (QED) is 0.695. The smallest absolute Gasteiger partial charge is 0.209 e. The summed E-state index contributed by atoms with van der Waals surface area (Å²) in [5.74, 6) is 0.164. The van der Waals surface area contributed by atoms with Crippen LogP contribution in [0.3, 0.4) is 0 Å². The maximum absolute atomic E-state index is 11.2. The summed E-state index contributed by atoms with van der Waals surface area (Å²) in [4.78, 5) is 0. The van der Waals surface area contributed by atoms with E-state index in [2.05, 4.69) is 5.32 Å². The van der Waals surface area contributed by atoms with Gasteiger partial charge in [0.05, 0.1) is 5.75 Å². The molecule has 1 heterocycles. The van der Waals surface area contributed by atoms with Crippen LogP contribution in [-0.4, -0.2) is 26.8 Å². The highest BCUT2D eigenvalue weighted by molar-refractivity contribution is 7.89. The molecule has 2 rings (SSSR count). The topological polar surface area (TPSA) is 72.2 Å². The van der Waals surface area contributed by atoms with Crippen LogP contribution < -0.4 is 10.5 Å². The molecule has 0 amide bonds. The molecule has 1 saturated carbocycles. The van der Waals surface area contributed by atoms with Gasteiger partial charge in [-0.25, -0.2) is 13.6 Å².